The molecule has 0 aromatic carbocycles. The summed E-state index contributed by atoms with van der Waals surface area (Å²) in [5.74, 6) is -0.339. The predicted molar refractivity (Wildman–Crippen MR) is 61.0 cm³/mol. The van der Waals surface area contributed by atoms with Gasteiger partial charge in [0.15, 0.2) is 6.07 Å². The van der Waals surface area contributed by atoms with E-state index in [1.54, 1.807) is 6.92 Å². The van der Waals surface area contributed by atoms with Crippen LogP contribution in [0, 0.1) is 0 Å². The first-order valence-electron chi connectivity index (χ1n) is 4.12. The lowest BCUT2D eigenvalue weighted by Gasteiger charge is -2.06. The highest BCUT2D eigenvalue weighted by atomic mass is 35.5. The number of hydrogen-bond donors (Lipinski definition) is 0. The molecule has 0 spiro atoms. The lowest BCUT2D eigenvalue weighted by Crippen LogP contribution is -2.12. The number of ether oxygens (including phenoxy) is 1. The standard InChI is InChI=1S/C9H16ClNO2.ClH/c1-8(9(12)13-7-10)5-4-6-11(2)3;/h5H,4,6-7H2,1-3H3;1H. The zero-order chi connectivity index (χ0) is 10.3. The van der Waals surface area contributed by atoms with E-state index in [1.807, 2.05) is 20.2 Å². The largest absolute Gasteiger partial charge is 0.446 e. The van der Waals surface area contributed by atoms with Crippen LogP contribution in [0.1, 0.15) is 13.3 Å². The molecule has 14 heavy (non-hydrogen) atoms. The molecule has 3 nitrogen and oxygen atoms in total. The number of rotatable bonds is 5. The van der Waals surface area contributed by atoms with E-state index >= 15 is 0 Å². The van der Waals surface area contributed by atoms with Crippen LogP contribution in [0.5, 0.6) is 0 Å². The molecule has 0 bridgehead atoms. The van der Waals surface area contributed by atoms with Crippen molar-refractivity contribution in [2.75, 3.05) is 26.7 Å². The van der Waals surface area contributed by atoms with Gasteiger partial charge in [-0.05, 0) is 27.4 Å². The second-order valence-electron chi connectivity index (χ2n) is 3.02. The summed E-state index contributed by atoms with van der Waals surface area (Å²) in [6.45, 7) is 2.65. The highest BCUT2D eigenvalue weighted by molar-refractivity contribution is 6.17. The smallest absolute Gasteiger partial charge is 0.334 e. The second-order valence-corrected chi connectivity index (χ2v) is 3.24. The van der Waals surface area contributed by atoms with E-state index in [4.69, 9.17) is 11.6 Å². The monoisotopic (exact) mass is 241 g/mol. The van der Waals surface area contributed by atoms with Crippen LogP contribution in [-0.4, -0.2) is 37.6 Å². The molecule has 0 unspecified atom stereocenters. The van der Waals surface area contributed by atoms with Crippen molar-refractivity contribution in [2.24, 2.45) is 0 Å². The molecule has 0 aromatic heterocycles. The van der Waals surface area contributed by atoms with Gasteiger partial charge in [-0.2, -0.15) is 0 Å². The van der Waals surface area contributed by atoms with E-state index in [9.17, 15) is 4.79 Å². The summed E-state index contributed by atoms with van der Waals surface area (Å²) in [7, 11) is 3.97. The molecule has 0 aromatic rings. The quantitative estimate of drug-likeness (QED) is 0.420. The lowest BCUT2D eigenvalue weighted by atomic mass is 10.2. The van der Waals surface area contributed by atoms with Gasteiger partial charge in [0.2, 0.25) is 0 Å². The summed E-state index contributed by atoms with van der Waals surface area (Å²) in [6, 6.07) is -0.0856. The predicted octanol–water partition coefficient (Wildman–Crippen LogP) is 2.05. The summed E-state index contributed by atoms with van der Waals surface area (Å²) in [4.78, 5) is 13.1. The first kappa shape index (κ1) is 16.2. The fourth-order valence-electron chi connectivity index (χ4n) is 0.786. The van der Waals surface area contributed by atoms with Crippen LogP contribution in [0.4, 0.5) is 0 Å². The van der Waals surface area contributed by atoms with Crippen molar-refractivity contribution >= 4 is 30.0 Å². The van der Waals surface area contributed by atoms with Gasteiger partial charge < -0.3 is 9.64 Å². The Bertz CT molecular complexity index is 193. The first-order valence-corrected chi connectivity index (χ1v) is 4.66. The molecule has 0 saturated carbocycles. The van der Waals surface area contributed by atoms with Crippen LogP contribution in [0.25, 0.3) is 0 Å². The van der Waals surface area contributed by atoms with Crippen LogP contribution in [0.2, 0.25) is 0 Å². The average Bonchev–Trinajstić information content (AvgIpc) is 2.04. The minimum Gasteiger partial charge on any atom is -0.446 e. The molecular weight excluding hydrogens is 225 g/mol. The molecule has 0 rings (SSSR count). The van der Waals surface area contributed by atoms with Crippen LogP contribution < -0.4 is 0 Å². The molecule has 0 aliphatic heterocycles. The molecule has 0 fully saturated rings. The normalized spacial score (nSPS) is 11.1. The molecule has 0 aliphatic rings. The Hall–Kier alpha value is -0.250. The van der Waals surface area contributed by atoms with Crippen molar-refractivity contribution in [3.05, 3.63) is 11.6 Å². The molecule has 84 valence electrons. The lowest BCUT2D eigenvalue weighted by molar-refractivity contribution is -0.136. The van der Waals surface area contributed by atoms with Gasteiger partial charge in [-0.3, -0.25) is 0 Å². The van der Waals surface area contributed by atoms with E-state index in [2.05, 4.69) is 9.64 Å². The second kappa shape index (κ2) is 9.31. The summed E-state index contributed by atoms with van der Waals surface area (Å²) in [5.41, 5.74) is 0.613. The number of esters is 1. The molecule has 0 saturated heterocycles. The Labute approximate surface area is 96.5 Å². The maximum Gasteiger partial charge on any atom is 0.334 e. The van der Waals surface area contributed by atoms with E-state index in [0.29, 0.717) is 5.57 Å². The Balaban J connectivity index is 0. The Morgan fingerprint density at radius 1 is 1.50 bits per heavy atom. The molecular formula is C9H17Cl2NO2. The van der Waals surface area contributed by atoms with Crippen LogP contribution in [0.15, 0.2) is 11.6 Å². The third-order valence-electron chi connectivity index (χ3n) is 1.53. The van der Waals surface area contributed by atoms with Gasteiger partial charge >= 0.3 is 5.97 Å². The number of carbonyl (C=O) groups is 1. The Kier molecular flexibility index (Phi) is 10.8. The van der Waals surface area contributed by atoms with Gasteiger partial charge in [-0.25, -0.2) is 4.79 Å². The van der Waals surface area contributed by atoms with Crippen molar-refractivity contribution in [3.63, 3.8) is 0 Å². The molecule has 0 heterocycles. The van der Waals surface area contributed by atoms with Crippen molar-refractivity contribution in [3.8, 4) is 0 Å². The summed E-state index contributed by atoms with van der Waals surface area (Å²) >= 11 is 5.25. The van der Waals surface area contributed by atoms with E-state index in [-0.39, 0.29) is 24.4 Å². The third-order valence-corrected chi connectivity index (χ3v) is 1.64. The van der Waals surface area contributed by atoms with Gasteiger partial charge in [0.05, 0.1) is 0 Å². The minimum atomic E-state index is -0.339. The third kappa shape index (κ3) is 8.35. The van der Waals surface area contributed by atoms with E-state index in [0.717, 1.165) is 13.0 Å². The Morgan fingerprint density at radius 3 is 2.50 bits per heavy atom. The maximum atomic E-state index is 11.0. The fourth-order valence-corrected chi connectivity index (χ4v) is 0.885. The molecule has 0 N–H and O–H groups in total. The fraction of sp³-hybridized carbons (Fsp3) is 0.667. The number of alkyl halides is 1. The molecule has 0 amide bonds. The molecule has 5 heteroatoms. The number of nitrogens with zero attached hydrogens (tertiary/aromatic N) is 1. The number of hydrogen-bond acceptors (Lipinski definition) is 3. The van der Waals surface area contributed by atoms with Gasteiger partial charge in [0.1, 0.15) is 0 Å². The van der Waals surface area contributed by atoms with E-state index < -0.39 is 0 Å². The summed E-state index contributed by atoms with van der Waals surface area (Å²) in [5, 5.41) is 0. The Morgan fingerprint density at radius 2 is 2.07 bits per heavy atom. The number of carbonyl (C=O) groups excluding carboxylic acids is 1. The number of halogens is 2. The summed E-state index contributed by atoms with van der Waals surface area (Å²) in [6.07, 6.45) is 2.70. The van der Waals surface area contributed by atoms with Gasteiger partial charge in [0, 0.05) is 12.1 Å². The maximum absolute atomic E-state index is 11.0. The van der Waals surface area contributed by atoms with Crippen molar-refractivity contribution in [1.82, 2.24) is 4.90 Å². The molecule has 0 aliphatic carbocycles. The van der Waals surface area contributed by atoms with Crippen LogP contribution >= 0.6 is 24.0 Å². The van der Waals surface area contributed by atoms with Gasteiger partial charge in [-0.1, -0.05) is 17.7 Å². The SMILES string of the molecule is CC(=CCCN(C)C)C(=O)OCCl.Cl. The van der Waals surface area contributed by atoms with Crippen molar-refractivity contribution in [2.45, 2.75) is 13.3 Å². The van der Waals surface area contributed by atoms with Crippen LogP contribution in [0.3, 0.4) is 0 Å². The van der Waals surface area contributed by atoms with Crippen molar-refractivity contribution < 1.29 is 9.53 Å². The molecule has 0 radical (unpaired) electrons. The highest BCUT2D eigenvalue weighted by Gasteiger charge is 2.03. The molecule has 0 atom stereocenters. The first-order chi connectivity index (χ1) is 6.07. The van der Waals surface area contributed by atoms with Gasteiger partial charge in [-0.15, -0.1) is 12.4 Å². The topological polar surface area (TPSA) is 29.5 Å². The summed E-state index contributed by atoms with van der Waals surface area (Å²) < 4.78 is 4.61. The highest BCUT2D eigenvalue weighted by Crippen LogP contribution is 1.99. The van der Waals surface area contributed by atoms with Gasteiger partial charge in [0.25, 0.3) is 0 Å². The zero-order valence-corrected chi connectivity index (χ0v) is 10.3. The average molecular weight is 242 g/mol. The van der Waals surface area contributed by atoms with E-state index in [1.165, 1.54) is 0 Å². The minimum absolute atomic E-state index is 0. The zero-order valence-electron chi connectivity index (χ0n) is 8.75. The van der Waals surface area contributed by atoms with Crippen LogP contribution in [-0.2, 0) is 9.53 Å². The van der Waals surface area contributed by atoms with Crippen molar-refractivity contribution in [1.29, 1.82) is 0 Å².